The molecular weight excluding hydrogens is 266 g/mol. The van der Waals surface area contributed by atoms with E-state index < -0.39 is 12.0 Å². The van der Waals surface area contributed by atoms with Gasteiger partial charge in [-0.1, -0.05) is 5.16 Å². The molecule has 0 saturated heterocycles. The molecule has 0 aliphatic rings. The number of carboxylic acid groups (broad SMARTS) is 1. The van der Waals surface area contributed by atoms with Gasteiger partial charge in [0.05, 0.1) is 18.2 Å². The largest absolute Gasteiger partial charge is 0.481 e. The number of aryl methyl sites for hydroxylation is 1. The van der Waals surface area contributed by atoms with Crippen LogP contribution in [0.25, 0.3) is 11.3 Å². The van der Waals surface area contributed by atoms with Gasteiger partial charge in [0, 0.05) is 12.6 Å². The number of anilines is 1. The lowest BCUT2D eigenvalue weighted by molar-refractivity contribution is -0.136. The van der Waals surface area contributed by atoms with Crippen molar-refractivity contribution in [3.63, 3.8) is 0 Å². The van der Waals surface area contributed by atoms with Gasteiger partial charge in [0.2, 0.25) is 0 Å². The number of carboxylic acids is 1. The maximum atomic E-state index is 11.4. The van der Waals surface area contributed by atoms with Crippen LogP contribution in [0.4, 0.5) is 10.6 Å². The van der Waals surface area contributed by atoms with Crippen LogP contribution in [0.5, 0.6) is 0 Å². The molecule has 2 aromatic heterocycles. The monoisotopic (exact) mass is 279 g/mol. The van der Waals surface area contributed by atoms with Gasteiger partial charge in [-0.05, 0) is 13.0 Å². The number of furan rings is 1. The van der Waals surface area contributed by atoms with E-state index in [1.807, 2.05) is 0 Å². The number of rotatable bonds is 5. The number of aromatic nitrogens is 1. The molecule has 0 saturated carbocycles. The smallest absolute Gasteiger partial charge is 0.320 e. The summed E-state index contributed by atoms with van der Waals surface area (Å²) in [6.07, 6.45) is 1.38. The zero-order valence-corrected chi connectivity index (χ0v) is 10.7. The van der Waals surface area contributed by atoms with Gasteiger partial charge in [-0.25, -0.2) is 4.79 Å². The molecule has 0 aliphatic carbocycles. The Morgan fingerprint density at radius 3 is 2.90 bits per heavy atom. The van der Waals surface area contributed by atoms with E-state index in [4.69, 9.17) is 14.0 Å². The number of amides is 2. The molecule has 2 aromatic rings. The fraction of sp³-hybridized carbons (Fsp3) is 0.250. The molecule has 2 heterocycles. The lowest BCUT2D eigenvalue weighted by atomic mass is 10.2. The van der Waals surface area contributed by atoms with Gasteiger partial charge in [-0.2, -0.15) is 0 Å². The van der Waals surface area contributed by atoms with Crippen LogP contribution < -0.4 is 10.6 Å². The molecule has 0 spiro atoms. The van der Waals surface area contributed by atoms with Gasteiger partial charge in [0.25, 0.3) is 0 Å². The summed E-state index contributed by atoms with van der Waals surface area (Å²) in [5.41, 5.74) is 0.747. The van der Waals surface area contributed by atoms with E-state index in [0.717, 1.165) is 5.56 Å². The van der Waals surface area contributed by atoms with E-state index in [1.54, 1.807) is 19.1 Å². The van der Waals surface area contributed by atoms with Crippen LogP contribution in [0.1, 0.15) is 12.2 Å². The molecule has 20 heavy (non-hydrogen) atoms. The van der Waals surface area contributed by atoms with Gasteiger partial charge in [-0.15, -0.1) is 0 Å². The van der Waals surface area contributed by atoms with Crippen molar-refractivity contribution in [2.24, 2.45) is 0 Å². The van der Waals surface area contributed by atoms with E-state index >= 15 is 0 Å². The highest BCUT2D eigenvalue weighted by molar-refractivity contribution is 5.88. The second kappa shape index (κ2) is 5.91. The minimum atomic E-state index is -0.982. The normalized spacial score (nSPS) is 10.2. The summed E-state index contributed by atoms with van der Waals surface area (Å²) in [5.74, 6) is 0.397. The first-order chi connectivity index (χ1) is 9.56. The standard InChI is InChI=1S/C12H13N3O5/c1-7-8(3-5-19-7)9-6-10(15-20-9)14-12(18)13-4-2-11(16)17/h3,5-6H,2,4H2,1H3,(H,16,17)(H2,13,14,15,18). The summed E-state index contributed by atoms with van der Waals surface area (Å²) in [6, 6.07) is 2.73. The van der Waals surface area contributed by atoms with E-state index in [-0.39, 0.29) is 18.8 Å². The second-order valence-electron chi connectivity index (χ2n) is 3.99. The highest BCUT2D eigenvalue weighted by atomic mass is 16.5. The fourth-order valence-corrected chi connectivity index (χ4v) is 1.55. The molecule has 0 aliphatic heterocycles. The van der Waals surface area contributed by atoms with Crippen molar-refractivity contribution >= 4 is 17.8 Å². The van der Waals surface area contributed by atoms with Crippen molar-refractivity contribution in [3.05, 3.63) is 24.2 Å². The van der Waals surface area contributed by atoms with Gasteiger partial charge in [0.15, 0.2) is 11.6 Å². The SMILES string of the molecule is Cc1occc1-c1cc(NC(=O)NCCC(=O)O)no1. The van der Waals surface area contributed by atoms with Crippen LogP contribution >= 0.6 is 0 Å². The number of hydrogen-bond acceptors (Lipinski definition) is 5. The molecule has 0 atom stereocenters. The average molecular weight is 279 g/mol. The van der Waals surface area contributed by atoms with Gasteiger partial charge < -0.3 is 19.4 Å². The molecule has 8 nitrogen and oxygen atoms in total. The van der Waals surface area contributed by atoms with Crippen molar-refractivity contribution in [2.45, 2.75) is 13.3 Å². The Kier molecular flexibility index (Phi) is 4.04. The predicted molar refractivity (Wildman–Crippen MR) is 68.2 cm³/mol. The molecule has 0 bridgehead atoms. The molecule has 0 fully saturated rings. The van der Waals surface area contributed by atoms with Crippen LogP contribution in [0.15, 0.2) is 27.3 Å². The van der Waals surface area contributed by atoms with E-state index in [2.05, 4.69) is 15.8 Å². The maximum absolute atomic E-state index is 11.4. The predicted octanol–water partition coefficient (Wildman–Crippen LogP) is 1.84. The van der Waals surface area contributed by atoms with Gasteiger partial charge in [0.1, 0.15) is 5.76 Å². The summed E-state index contributed by atoms with van der Waals surface area (Å²) in [5, 5.41) is 17.0. The van der Waals surface area contributed by atoms with Gasteiger partial charge in [-0.3, -0.25) is 10.1 Å². The number of hydrogen-bond donors (Lipinski definition) is 3. The van der Waals surface area contributed by atoms with E-state index in [1.165, 1.54) is 6.26 Å². The van der Waals surface area contributed by atoms with Crippen LogP contribution in [-0.4, -0.2) is 28.8 Å². The number of carbonyl (C=O) groups is 2. The summed E-state index contributed by atoms with van der Waals surface area (Å²) in [6.45, 7) is 1.82. The Bertz CT molecular complexity index is 616. The number of urea groups is 1. The topological polar surface area (TPSA) is 118 Å². The van der Waals surface area contributed by atoms with E-state index in [9.17, 15) is 9.59 Å². The quantitative estimate of drug-likeness (QED) is 0.768. The first-order valence-electron chi connectivity index (χ1n) is 5.84. The average Bonchev–Trinajstić information content (AvgIpc) is 2.97. The Morgan fingerprint density at radius 1 is 1.45 bits per heavy atom. The molecule has 106 valence electrons. The van der Waals surface area contributed by atoms with Crippen molar-refractivity contribution in [3.8, 4) is 11.3 Å². The lowest BCUT2D eigenvalue weighted by Gasteiger charge is -2.02. The molecule has 2 rings (SSSR count). The van der Waals surface area contributed by atoms with Crippen LogP contribution in [0, 0.1) is 6.92 Å². The number of aliphatic carboxylic acids is 1. The lowest BCUT2D eigenvalue weighted by Crippen LogP contribution is -2.30. The van der Waals surface area contributed by atoms with Crippen LogP contribution in [0.3, 0.4) is 0 Å². The summed E-state index contributed by atoms with van der Waals surface area (Å²) in [4.78, 5) is 21.7. The molecule has 2 amide bonds. The first-order valence-corrected chi connectivity index (χ1v) is 5.84. The summed E-state index contributed by atoms with van der Waals surface area (Å²) in [7, 11) is 0. The van der Waals surface area contributed by atoms with Crippen LogP contribution in [0.2, 0.25) is 0 Å². The zero-order chi connectivity index (χ0) is 14.5. The van der Waals surface area contributed by atoms with Crippen molar-refractivity contribution in [1.29, 1.82) is 0 Å². The molecule has 0 radical (unpaired) electrons. The third-order valence-corrected chi connectivity index (χ3v) is 2.50. The summed E-state index contributed by atoms with van der Waals surface area (Å²) < 4.78 is 10.2. The fourth-order valence-electron chi connectivity index (χ4n) is 1.55. The molecule has 8 heteroatoms. The molecular formula is C12H13N3O5. The maximum Gasteiger partial charge on any atom is 0.320 e. The Morgan fingerprint density at radius 2 is 2.25 bits per heavy atom. The number of nitrogens with one attached hydrogen (secondary N) is 2. The highest BCUT2D eigenvalue weighted by Gasteiger charge is 2.12. The Hall–Kier alpha value is -2.77. The second-order valence-corrected chi connectivity index (χ2v) is 3.99. The minimum absolute atomic E-state index is 0.0344. The first kappa shape index (κ1) is 13.7. The highest BCUT2D eigenvalue weighted by Crippen LogP contribution is 2.26. The molecule has 0 aromatic carbocycles. The van der Waals surface area contributed by atoms with Crippen molar-refractivity contribution in [1.82, 2.24) is 10.5 Å². The van der Waals surface area contributed by atoms with Crippen molar-refractivity contribution < 1.29 is 23.6 Å². The molecule has 0 unspecified atom stereocenters. The van der Waals surface area contributed by atoms with Gasteiger partial charge >= 0.3 is 12.0 Å². The Balaban J connectivity index is 1.91. The number of carbonyl (C=O) groups excluding carboxylic acids is 1. The van der Waals surface area contributed by atoms with Crippen LogP contribution in [-0.2, 0) is 4.79 Å². The summed E-state index contributed by atoms with van der Waals surface area (Å²) >= 11 is 0. The van der Waals surface area contributed by atoms with E-state index in [0.29, 0.717) is 11.5 Å². The third kappa shape index (κ3) is 3.37. The Labute approximate surface area is 113 Å². The minimum Gasteiger partial charge on any atom is -0.481 e. The third-order valence-electron chi connectivity index (χ3n) is 2.50. The molecule has 3 N–H and O–H groups in total. The van der Waals surface area contributed by atoms with Crippen molar-refractivity contribution in [2.75, 3.05) is 11.9 Å². The zero-order valence-electron chi connectivity index (χ0n) is 10.7. The number of nitrogens with zero attached hydrogens (tertiary/aromatic N) is 1.